The van der Waals surface area contributed by atoms with Gasteiger partial charge < -0.3 is 17.3 Å². The van der Waals surface area contributed by atoms with E-state index in [0.29, 0.717) is 11.3 Å². The zero-order valence-electron chi connectivity index (χ0n) is 8.42. The minimum Gasteiger partial charge on any atom is -0.445 e. The average molecular weight is 238 g/mol. The maximum absolute atomic E-state index is 12.4. The smallest absolute Gasteiger partial charge is 0.445 e. The normalized spacial score (nSPS) is 11.5. The molecule has 0 radical (unpaired) electrons. The summed E-state index contributed by atoms with van der Waals surface area (Å²) in [5, 5.41) is 0. The first-order valence-corrected chi connectivity index (χ1v) is 4.12. The number of aromatic nitrogens is 2. The number of aryl methyl sites for hydroxylation is 1. The molecule has 2 aromatic rings. The van der Waals surface area contributed by atoms with Gasteiger partial charge in [-0.25, -0.2) is 4.98 Å². The monoisotopic (exact) mass is 238 g/mol. The summed E-state index contributed by atoms with van der Waals surface area (Å²) >= 11 is 0. The summed E-state index contributed by atoms with van der Waals surface area (Å²) in [5.41, 5.74) is 0.637. The van der Waals surface area contributed by atoms with Crippen LogP contribution >= 0.6 is 0 Å². The van der Waals surface area contributed by atoms with Gasteiger partial charge >= 0.3 is 58.4 Å². The fourth-order valence-corrected chi connectivity index (χ4v) is 1.33. The Morgan fingerprint density at radius 1 is 1.20 bits per heavy atom. The van der Waals surface area contributed by atoms with Crippen LogP contribution in [-0.4, -0.2) is 16.4 Å². The van der Waals surface area contributed by atoms with E-state index in [1.54, 1.807) is 13.1 Å². The van der Waals surface area contributed by atoms with Crippen molar-refractivity contribution in [3.05, 3.63) is 30.2 Å². The Kier molecular flexibility index (Phi) is 4.05. The van der Waals surface area contributed by atoms with Crippen molar-refractivity contribution in [1.29, 1.82) is 0 Å². The standard InChI is InChI=1S/C8H7BF3N2.K/c1-6-4-14-5-7(9(10,11)12)2-3-8(14)13-6;/h2-5H,1H3;/q-1;+1. The summed E-state index contributed by atoms with van der Waals surface area (Å²) < 4.78 is 38.4. The molecular formula is C8H7BF3KN2. The second-order valence-corrected chi connectivity index (χ2v) is 3.18. The van der Waals surface area contributed by atoms with Gasteiger partial charge in [0, 0.05) is 6.20 Å². The van der Waals surface area contributed by atoms with Crippen LogP contribution in [-0.2, 0) is 0 Å². The van der Waals surface area contributed by atoms with Gasteiger partial charge in [0.2, 0.25) is 0 Å². The van der Waals surface area contributed by atoms with E-state index in [0.717, 1.165) is 12.3 Å². The summed E-state index contributed by atoms with van der Waals surface area (Å²) in [5.74, 6) is 0. The molecule has 0 amide bonds. The summed E-state index contributed by atoms with van der Waals surface area (Å²) in [7, 11) is 0. The second-order valence-electron chi connectivity index (χ2n) is 3.18. The molecule has 2 nitrogen and oxygen atoms in total. The second kappa shape index (κ2) is 4.59. The molecule has 0 saturated heterocycles. The number of rotatable bonds is 1. The zero-order chi connectivity index (χ0) is 10.3. The molecule has 0 aliphatic heterocycles. The van der Waals surface area contributed by atoms with Crippen LogP contribution < -0.4 is 56.8 Å². The maximum Gasteiger partial charge on any atom is 1.00 e. The third-order valence-electron chi connectivity index (χ3n) is 1.97. The van der Waals surface area contributed by atoms with Crippen LogP contribution in [0.3, 0.4) is 0 Å². The molecule has 0 bridgehead atoms. The molecule has 2 aromatic heterocycles. The van der Waals surface area contributed by atoms with Crippen molar-refractivity contribution in [2.75, 3.05) is 0 Å². The fourth-order valence-electron chi connectivity index (χ4n) is 1.33. The summed E-state index contributed by atoms with van der Waals surface area (Å²) in [6.45, 7) is -3.18. The molecule has 0 saturated carbocycles. The number of hydrogen-bond donors (Lipinski definition) is 0. The van der Waals surface area contributed by atoms with Gasteiger partial charge in [0.15, 0.2) is 0 Å². The van der Waals surface area contributed by atoms with Gasteiger partial charge in [-0.05, 0) is 19.2 Å². The first-order valence-electron chi connectivity index (χ1n) is 4.12. The van der Waals surface area contributed by atoms with E-state index in [9.17, 15) is 12.9 Å². The van der Waals surface area contributed by atoms with Crippen molar-refractivity contribution in [3.63, 3.8) is 0 Å². The van der Waals surface area contributed by atoms with Crippen LogP contribution in [0.4, 0.5) is 12.9 Å². The minimum absolute atomic E-state index is 0. The van der Waals surface area contributed by atoms with Crippen molar-refractivity contribution in [2.45, 2.75) is 6.92 Å². The molecule has 0 spiro atoms. The van der Waals surface area contributed by atoms with Crippen LogP contribution in [0.25, 0.3) is 5.65 Å². The number of pyridine rings is 1. The Bertz CT molecular complexity index is 480. The summed E-state index contributed by atoms with van der Waals surface area (Å²) in [6, 6.07) is 2.43. The van der Waals surface area contributed by atoms with Gasteiger partial charge in [-0.15, -0.1) is 0 Å². The quantitative estimate of drug-likeness (QED) is 0.564. The Labute approximate surface area is 127 Å². The van der Waals surface area contributed by atoms with Gasteiger partial charge in [-0.1, -0.05) is 11.5 Å². The Morgan fingerprint density at radius 2 is 1.87 bits per heavy atom. The van der Waals surface area contributed by atoms with Crippen LogP contribution in [0.1, 0.15) is 5.69 Å². The van der Waals surface area contributed by atoms with E-state index in [1.807, 2.05) is 0 Å². The molecule has 2 rings (SSSR count). The first-order chi connectivity index (χ1) is 6.47. The molecule has 0 aliphatic carbocycles. The molecule has 2 heterocycles. The molecule has 0 aromatic carbocycles. The minimum atomic E-state index is -4.93. The zero-order valence-corrected chi connectivity index (χ0v) is 11.5. The molecular weight excluding hydrogens is 231 g/mol. The number of halogens is 3. The molecule has 15 heavy (non-hydrogen) atoms. The predicted octanol–water partition coefficient (Wildman–Crippen LogP) is -1.30. The third kappa shape index (κ3) is 2.85. The Hall–Kier alpha value is 0.181. The van der Waals surface area contributed by atoms with Gasteiger partial charge in [0.1, 0.15) is 5.65 Å². The molecule has 74 valence electrons. The average Bonchev–Trinajstić information content (AvgIpc) is 2.41. The van der Waals surface area contributed by atoms with Crippen molar-refractivity contribution in [3.8, 4) is 0 Å². The molecule has 0 atom stereocenters. The van der Waals surface area contributed by atoms with Crippen molar-refractivity contribution < 1.29 is 64.3 Å². The molecule has 0 fully saturated rings. The van der Waals surface area contributed by atoms with Crippen LogP contribution in [0.15, 0.2) is 24.5 Å². The number of fused-ring (bicyclic) bond motifs is 1. The Balaban J connectivity index is 0.00000112. The predicted molar refractivity (Wildman–Crippen MR) is 48.6 cm³/mol. The van der Waals surface area contributed by atoms with Crippen molar-refractivity contribution >= 4 is 18.1 Å². The van der Waals surface area contributed by atoms with E-state index in [2.05, 4.69) is 4.98 Å². The van der Waals surface area contributed by atoms with Gasteiger partial charge in [0.05, 0.1) is 5.69 Å². The molecule has 0 aliphatic rings. The van der Waals surface area contributed by atoms with Crippen molar-refractivity contribution in [2.24, 2.45) is 0 Å². The first kappa shape index (κ1) is 13.2. The van der Waals surface area contributed by atoms with E-state index in [-0.39, 0.29) is 51.4 Å². The molecule has 0 N–H and O–H groups in total. The van der Waals surface area contributed by atoms with Crippen LogP contribution in [0.5, 0.6) is 0 Å². The van der Waals surface area contributed by atoms with Crippen molar-refractivity contribution in [1.82, 2.24) is 9.38 Å². The van der Waals surface area contributed by atoms with Gasteiger partial charge in [-0.2, -0.15) is 0 Å². The number of imidazole rings is 1. The summed E-state index contributed by atoms with van der Waals surface area (Å²) in [6.07, 6.45) is 2.63. The van der Waals surface area contributed by atoms with E-state index >= 15 is 0 Å². The van der Waals surface area contributed by atoms with Gasteiger partial charge in [0.25, 0.3) is 0 Å². The SMILES string of the molecule is Cc1cn2cc([B-](F)(F)F)ccc2n1.[K+]. The molecule has 0 unspecified atom stereocenters. The van der Waals surface area contributed by atoms with E-state index in [1.165, 1.54) is 10.5 Å². The summed E-state index contributed by atoms with van der Waals surface area (Å²) in [4.78, 5) is 4.04. The van der Waals surface area contributed by atoms with Gasteiger partial charge in [-0.3, -0.25) is 0 Å². The van der Waals surface area contributed by atoms with Crippen LogP contribution in [0.2, 0.25) is 0 Å². The maximum atomic E-state index is 12.4. The number of hydrogen-bond acceptors (Lipinski definition) is 1. The van der Waals surface area contributed by atoms with Crippen LogP contribution in [0, 0.1) is 6.92 Å². The fraction of sp³-hybridized carbons (Fsp3) is 0.125. The van der Waals surface area contributed by atoms with E-state index in [4.69, 9.17) is 0 Å². The molecule has 7 heteroatoms. The third-order valence-corrected chi connectivity index (χ3v) is 1.97. The Morgan fingerprint density at radius 3 is 2.47 bits per heavy atom. The van der Waals surface area contributed by atoms with E-state index < -0.39 is 12.4 Å². The largest absolute Gasteiger partial charge is 1.00 e. The topological polar surface area (TPSA) is 17.3 Å². The number of nitrogens with zero attached hydrogens (tertiary/aromatic N) is 2.